The molecular formula is C36H50O15. The van der Waals surface area contributed by atoms with E-state index in [-0.39, 0.29) is 43.5 Å². The number of aliphatic hydroxyl groups is 2. The summed E-state index contributed by atoms with van der Waals surface area (Å²) in [5.74, 6) is -7.63. The molecule has 4 rings (SSSR count). The summed E-state index contributed by atoms with van der Waals surface area (Å²) in [7, 11) is 0. The maximum Gasteiger partial charge on any atom is 0.312 e. The number of hydrogen-bond acceptors (Lipinski definition) is 15. The van der Waals surface area contributed by atoms with E-state index in [1.165, 1.54) is 32.1 Å². The van der Waals surface area contributed by atoms with Crippen molar-refractivity contribution in [2.75, 3.05) is 13.2 Å². The first-order valence-electron chi connectivity index (χ1n) is 17.2. The first kappa shape index (κ1) is 40.0. The van der Waals surface area contributed by atoms with Gasteiger partial charge >= 0.3 is 35.8 Å². The van der Waals surface area contributed by atoms with Crippen LogP contribution in [0.25, 0.3) is 0 Å². The van der Waals surface area contributed by atoms with E-state index in [0.29, 0.717) is 0 Å². The average Bonchev–Trinajstić information content (AvgIpc) is 3.75. The standard InChI is InChI=1S/C36H50O15/c1-17(2)12-26(40)45-15-23-10-11-24(47-20(6)37)34(9)29(32(49-22(8)39)36(44)19(5)33(43)50-25(36)14-23)35(16-46-35)31(48-21(7)38)28(42)30(34)51-27(41)13-18(3)4/h10-11,14,17-19,24-25,28-32,42,44H,12-13,15-16H2,1-9H3. The second-order valence-corrected chi connectivity index (χ2v) is 15.0. The molecule has 2 aliphatic carbocycles. The van der Waals surface area contributed by atoms with E-state index in [0.717, 1.165) is 20.8 Å². The van der Waals surface area contributed by atoms with Crippen molar-refractivity contribution in [3.8, 4) is 0 Å². The van der Waals surface area contributed by atoms with Crippen molar-refractivity contribution >= 4 is 35.8 Å². The molecule has 0 amide bonds. The zero-order chi connectivity index (χ0) is 38.2. The molecule has 11 atom stereocenters. The van der Waals surface area contributed by atoms with Crippen molar-refractivity contribution in [1.82, 2.24) is 0 Å². The summed E-state index contributed by atoms with van der Waals surface area (Å²) >= 11 is 0. The quantitative estimate of drug-likeness (QED) is 0.187. The molecule has 1 spiro atoms. The minimum absolute atomic E-state index is 0.0108. The van der Waals surface area contributed by atoms with E-state index in [1.807, 2.05) is 13.8 Å². The summed E-state index contributed by atoms with van der Waals surface area (Å²) in [5.41, 5.74) is -5.78. The molecule has 0 aromatic carbocycles. The van der Waals surface area contributed by atoms with Gasteiger partial charge in [0.25, 0.3) is 0 Å². The van der Waals surface area contributed by atoms with E-state index in [4.69, 9.17) is 33.2 Å². The first-order valence-corrected chi connectivity index (χ1v) is 17.2. The average molecular weight is 723 g/mol. The zero-order valence-electron chi connectivity index (χ0n) is 30.5. The zero-order valence-corrected chi connectivity index (χ0v) is 30.5. The van der Waals surface area contributed by atoms with Gasteiger partial charge in [0.1, 0.15) is 36.6 Å². The number of esters is 6. The van der Waals surface area contributed by atoms with Crippen molar-refractivity contribution in [1.29, 1.82) is 0 Å². The van der Waals surface area contributed by atoms with Gasteiger partial charge in [0.05, 0.1) is 17.9 Å². The van der Waals surface area contributed by atoms with Crippen LogP contribution in [0.3, 0.4) is 0 Å². The highest BCUT2D eigenvalue weighted by molar-refractivity contribution is 5.78. The molecule has 2 N–H and O–H groups in total. The van der Waals surface area contributed by atoms with Crippen LogP contribution >= 0.6 is 0 Å². The smallest absolute Gasteiger partial charge is 0.312 e. The Bertz CT molecular complexity index is 1460. The number of carbonyl (C=O) groups excluding carboxylic acids is 6. The lowest BCUT2D eigenvalue weighted by molar-refractivity contribution is -0.276. The van der Waals surface area contributed by atoms with Gasteiger partial charge < -0.3 is 43.4 Å². The second-order valence-electron chi connectivity index (χ2n) is 15.0. The molecule has 11 unspecified atom stereocenters. The maximum atomic E-state index is 13.4. The molecule has 0 radical (unpaired) electrons. The SMILES string of the molecule is CC(=O)OC1C(O)C(OC(=O)CC(C)C)C2(C)C(OC(C)=O)C=CC(COC(=O)CC(C)C)=CC3OC(=O)C(C)C3(O)C(OC(C)=O)C2C12CO2. The van der Waals surface area contributed by atoms with E-state index < -0.39 is 101 Å². The minimum atomic E-state index is -2.40. The summed E-state index contributed by atoms with van der Waals surface area (Å²) < 4.78 is 40.8. The highest BCUT2D eigenvalue weighted by Crippen LogP contribution is 2.62. The van der Waals surface area contributed by atoms with Gasteiger partial charge in [-0.25, -0.2) is 0 Å². The molecule has 3 fully saturated rings. The highest BCUT2D eigenvalue weighted by Gasteiger charge is 2.80. The molecule has 1 saturated carbocycles. The third-order valence-corrected chi connectivity index (χ3v) is 10.0. The highest BCUT2D eigenvalue weighted by atomic mass is 16.7. The molecule has 2 heterocycles. The van der Waals surface area contributed by atoms with Gasteiger partial charge in [-0.1, -0.05) is 40.7 Å². The van der Waals surface area contributed by atoms with Crippen LogP contribution in [0.4, 0.5) is 0 Å². The number of aliphatic hydroxyl groups excluding tert-OH is 1. The van der Waals surface area contributed by atoms with Crippen LogP contribution in [0.2, 0.25) is 0 Å². The third-order valence-electron chi connectivity index (χ3n) is 10.0. The van der Waals surface area contributed by atoms with E-state index in [1.54, 1.807) is 13.8 Å². The lowest BCUT2D eigenvalue weighted by atomic mass is 9.51. The van der Waals surface area contributed by atoms with Gasteiger partial charge in [0, 0.05) is 39.5 Å². The van der Waals surface area contributed by atoms with Crippen LogP contribution < -0.4 is 0 Å². The number of ether oxygens (including phenoxy) is 7. The number of carbonyl (C=O) groups is 6. The Labute approximate surface area is 296 Å². The fraction of sp³-hybridized carbons (Fsp3) is 0.722. The largest absolute Gasteiger partial charge is 0.461 e. The fourth-order valence-electron chi connectivity index (χ4n) is 7.72. The second kappa shape index (κ2) is 15.0. The monoisotopic (exact) mass is 722 g/mol. The molecule has 15 heteroatoms. The molecule has 0 bridgehead atoms. The molecule has 4 aliphatic rings. The van der Waals surface area contributed by atoms with Gasteiger partial charge in [-0.3, -0.25) is 28.8 Å². The number of hydrogen-bond donors (Lipinski definition) is 2. The molecule has 0 aromatic heterocycles. The normalized spacial score (nSPS) is 37.0. The van der Waals surface area contributed by atoms with Crippen LogP contribution in [0.1, 0.15) is 75.2 Å². The predicted octanol–water partition coefficient (Wildman–Crippen LogP) is 1.88. The first-order chi connectivity index (χ1) is 23.7. The Hall–Kier alpha value is -3.82. The van der Waals surface area contributed by atoms with E-state index in [2.05, 4.69) is 0 Å². The van der Waals surface area contributed by atoms with Crippen LogP contribution in [0.15, 0.2) is 23.8 Å². The van der Waals surface area contributed by atoms with E-state index >= 15 is 0 Å². The maximum absolute atomic E-state index is 13.4. The summed E-state index contributed by atoms with van der Waals surface area (Å²) in [6.45, 7) is 12.9. The lowest BCUT2D eigenvalue weighted by Gasteiger charge is -2.58. The molecule has 2 aliphatic heterocycles. The van der Waals surface area contributed by atoms with Crippen LogP contribution in [-0.2, 0) is 61.9 Å². The van der Waals surface area contributed by atoms with Crippen LogP contribution in [0.5, 0.6) is 0 Å². The van der Waals surface area contributed by atoms with Crippen molar-refractivity contribution in [3.05, 3.63) is 23.8 Å². The number of epoxide rings is 1. The fourth-order valence-corrected chi connectivity index (χ4v) is 7.72. The van der Waals surface area contributed by atoms with Gasteiger partial charge in [-0.15, -0.1) is 0 Å². The molecule has 15 nitrogen and oxygen atoms in total. The molecule has 284 valence electrons. The van der Waals surface area contributed by atoms with Crippen molar-refractivity contribution in [2.45, 2.75) is 123 Å². The Morgan fingerprint density at radius 3 is 1.96 bits per heavy atom. The Morgan fingerprint density at radius 1 is 0.882 bits per heavy atom. The number of rotatable bonds is 10. The minimum Gasteiger partial charge on any atom is -0.461 e. The topological polar surface area (TPSA) is 211 Å². The van der Waals surface area contributed by atoms with E-state index in [9.17, 15) is 39.0 Å². The molecular weight excluding hydrogens is 672 g/mol. The Morgan fingerprint density at radius 2 is 1.43 bits per heavy atom. The van der Waals surface area contributed by atoms with Crippen LogP contribution in [-0.4, -0.2) is 107 Å². The lowest BCUT2D eigenvalue weighted by Crippen LogP contribution is -2.75. The molecule has 0 aromatic rings. The summed E-state index contributed by atoms with van der Waals surface area (Å²) in [4.78, 5) is 77.6. The Kier molecular flexibility index (Phi) is 11.8. The molecule has 51 heavy (non-hydrogen) atoms. The number of fused-ring (bicyclic) bond motifs is 3. The van der Waals surface area contributed by atoms with Gasteiger partial charge in [0.2, 0.25) is 0 Å². The summed E-state index contributed by atoms with van der Waals surface area (Å²) in [6, 6.07) is 0. The van der Waals surface area contributed by atoms with Gasteiger partial charge in [0.15, 0.2) is 17.8 Å². The molecule has 2 saturated heterocycles. The summed E-state index contributed by atoms with van der Waals surface area (Å²) in [6.07, 6.45) is -5.50. The third kappa shape index (κ3) is 7.85. The van der Waals surface area contributed by atoms with Crippen molar-refractivity contribution in [3.63, 3.8) is 0 Å². The van der Waals surface area contributed by atoms with Gasteiger partial charge in [-0.05, 0) is 36.5 Å². The van der Waals surface area contributed by atoms with Crippen molar-refractivity contribution in [2.24, 2.45) is 29.1 Å². The predicted molar refractivity (Wildman–Crippen MR) is 174 cm³/mol. The summed E-state index contributed by atoms with van der Waals surface area (Å²) in [5, 5.41) is 24.9. The van der Waals surface area contributed by atoms with Crippen molar-refractivity contribution < 1.29 is 72.1 Å². The Balaban J connectivity index is 2.06. The van der Waals surface area contributed by atoms with Gasteiger partial charge in [-0.2, -0.15) is 0 Å². The van der Waals surface area contributed by atoms with Crippen LogP contribution in [0, 0.1) is 29.1 Å².